The summed E-state index contributed by atoms with van der Waals surface area (Å²) in [6.45, 7) is 5.39. The molecule has 108 valence electrons. The standard InChI is InChI=1S/C16H19ClO2S/c1-11-9-10-14(13-8-6-5-7-12(11)13)15(17)16(2,3)20(4,18)19/h5-10,15H,1-4H3. The van der Waals surface area contributed by atoms with Gasteiger partial charge in [0, 0.05) is 6.26 Å². The van der Waals surface area contributed by atoms with Gasteiger partial charge in [-0.3, -0.25) is 0 Å². The van der Waals surface area contributed by atoms with Crippen LogP contribution in [0.4, 0.5) is 0 Å². The van der Waals surface area contributed by atoms with Crippen molar-refractivity contribution in [2.24, 2.45) is 0 Å². The Kier molecular flexibility index (Phi) is 3.87. The molecule has 0 saturated carbocycles. The van der Waals surface area contributed by atoms with Gasteiger partial charge in [0.05, 0.1) is 10.1 Å². The zero-order valence-electron chi connectivity index (χ0n) is 12.1. The zero-order chi connectivity index (χ0) is 15.1. The van der Waals surface area contributed by atoms with Crippen LogP contribution in [0.1, 0.15) is 30.4 Å². The maximum Gasteiger partial charge on any atom is 0.154 e. The van der Waals surface area contributed by atoms with Gasteiger partial charge in [-0.1, -0.05) is 36.4 Å². The molecule has 2 nitrogen and oxygen atoms in total. The van der Waals surface area contributed by atoms with E-state index in [-0.39, 0.29) is 0 Å². The van der Waals surface area contributed by atoms with Crippen LogP contribution < -0.4 is 0 Å². The van der Waals surface area contributed by atoms with Crippen molar-refractivity contribution in [2.75, 3.05) is 6.26 Å². The van der Waals surface area contributed by atoms with E-state index < -0.39 is 20.0 Å². The molecule has 0 aromatic heterocycles. The first kappa shape index (κ1) is 15.3. The van der Waals surface area contributed by atoms with E-state index in [0.29, 0.717) is 0 Å². The van der Waals surface area contributed by atoms with E-state index in [4.69, 9.17) is 11.6 Å². The molecule has 2 rings (SSSR count). The topological polar surface area (TPSA) is 34.1 Å². The van der Waals surface area contributed by atoms with Gasteiger partial charge in [-0.05, 0) is 42.7 Å². The van der Waals surface area contributed by atoms with E-state index in [1.165, 1.54) is 6.26 Å². The summed E-state index contributed by atoms with van der Waals surface area (Å²) in [5, 5.41) is 1.53. The third-order valence-corrected chi connectivity index (χ3v) is 7.07. The monoisotopic (exact) mass is 310 g/mol. The van der Waals surface area contributed by atoms with Crippen molar-refractivity contribution in [3.8, 4) is 0 Å². The van der Waals surface area contributed by atoms with Gasteiger partial charge in [0.25, 0.3) is 0 Å². The Bertz CT molecular complexity index is 748. The molecule has 0 aliphatic rings. The van der Waals surface area contributed by atoms with Crippen molar-refractivity contribution >= 4 is 32.2 Å². The van der Waals surface area contributed by atoms with Crippen LogP contribution in [0.5, 0.6) is 0 Å². The minimum Gasteiger partial charge on any atom is -0.229 e. The van der Waals surface area contributed by atoms with Gasteiger partial charge < -0.3 is 0 Å². The molecule has 4 heteroatoms. The largest absolute Gasteiger partial charge is 0.229 e. The predicted molar refractivity (Wildman–Crippen MR) is 86.2 cm³/mol. The van der Waals surface area contributed by atoms with Crippen LogP contribution in [0.15, 0.2) is 36.4 Å². The van der Waals surface area contributed by atoms with E-state index >= 15 is 0 Å². The summed E-state index contributed by atoms with van der Waals surface area (Å²) in [6, 6.07) is 11.9. The highest BCUT2D eigenvalue weighted by atomic mass is 35.5. The lowest BCUT2D eigenvalue weighted by atomic mass is 9.94. The Morgan fingerprint density at radius 2 is 1.60 bits per heavy atom. The van der Waals surface area contributed by atoms with Gasteiger partial charge in [-0.2, -0.15) is 0 Å². The Balaban J connectivity index is 2.68. The van der Waals surface area contributed by atoms with Crippen LogP contribution in [-0.2, 0) is 9.84 Å². The van der Waals surface area contributed by atoms with Crippen molar-refractivity contribution in [1.29, 1.82) is 0 Å². The van der Waals surface area contributed by atoms with Gasteiger partial charge in [0.2, 0.25) is 0 Å². The highest BCUT2D eigenvalue weighted by Crippen LogP contribution is 2.40. The van der Waals surface area contributed by atoms with E-state index in [1.54, 1.807) is 13.8 Å². The fourth-order valence-electron chi connectivity index (χ4n) is 2.26. The second-order valence-electron chi connectivity index (χ2n) is 5.76. The maximum absolute atomic E-state index is 12.0. The predicted octanol–water partition coefficient (Wildman–Crippen LogP) is 4.25. The van der Waals surface area contributed by atoms with E-state index in [9.17, 15) is 8.42 Å². The second kappa shape index (κ2) is 5.05. The molecule has 2 aromatic carbocycles. The zero-order valence-corrected chi connectivity index (χ0v) is 13.7. The molecular formula is C16H19ClO2S. The average Bonchev–Trinajstić information content (AvgIpc) is 2.37. The van der Waals surface area contributed by atoms with Gasteiger partial charge in [-0.25, -0.2) is 8.42 Å². The quantitative estimate of drug-likeness (QED) is 0.794. The maximum atomic E-state index is 12.0. The van der Waals surface area contributed by atoms with Crippen LogP contribution in [0, 0.1) is 6.92 Å². The lowest BCUT2D eigenvalue weighted by molar-refractivity contribution is 0.544. The molecule has 0 aliphatic heterocycles. The Labute approximate surface area is 125 Å². The molecule has 0 radical (unpaired) electrons. The van der Waals surface area contributed by atoms with Crippen LogP contribution in [0.3, 0.4) is 0 Å². The average molecular weight is 311 g/mol. The third kappa shape index (κ3) is 2.45. The summed E-state index contributed by atoms with van der Waals surface area (Å²) >= 11 is 6.53. The van der Waals surface area contributed by atoms with Gasteiger partial charge in [-0.15, -0.1) is 11.6 Å². The summed E-state index contributed by atoms with van der Waals surface area (Å²) in [7, 11) is -3.26. The van der Waals surface area contributed by atoms with E-state index in [0.717, 1.165) is 21.9 Å². The third-order valence-electron chi connectivity index (χ3n) is 4.01. The molecule has 0 aliphatic carbocycles. The normalized spacial score (nSPS) is 14.4. The molecule has 1 atom stereocenters. The van der Waals surface area contributed by atoms with Gasteiger partial charge in [0.1, 0.15) is 0 Å². The van der Waals surface area contributed by atoms with Crippen molar-refractivity contribution in [2.45, 2.75) is 30.9 Å². The molecule has 0 spiro atoms. The molecular weight excluding hydrogens is 292 g/mol. The summed E-state index contributed by atoms with van der Waals surface area (Å²) < 4.78 is 23.0. The smallest absolute Gasteiger partial charge is 0.154 e. The molecule has 0 bridgehead atoms. The van der Waals surface area contributed by atoms with Gasteiger partial charge in [0.15, 0.2) is 9.84 Å². The van der Waals surface area contributed by atoms with Crippen LogP contribution >= 0.6 is 11.6 Å². The fraction of sp³-hybridized carbons (Fsp3) is 0.375. The number of hydrogen-bond acceptors (Lipinski definition) is 2. The summed E-state index contributed by atoms with van der Waals surface area (Å²) in [4.78, 5) is 0. The summed E-state index contributed by atoms with van der Waals surface area (Å²) in [5.74, 6) is 0. The molecule has 0 amide bonds. The number of halogens is 1. The van der Waals surface area contributed by atoms with Crippen LogP contribution in [0.2, 0.25) is 0 Å². The Hall–Kier alpha value is -1.06. The lowest BCUT2D eigenvalue weighted by Crippen LogP contribution is -2.35. The molecule has 20 heavy (non-hydrogen) atoms. The van der Waals surface area contributed by atoms with Crippen molar-refractivity contribution < 1.29 is 8.42 Å². The Morgan fingerprint density at radius 1 is 1.05 bits per heavy atom. The highest BCUT2D eigenvalue weighted by Gasteiger charge is 2.39. The summed E-state index contributed by atoms with van der Waals surface area (Å²) in [5.41, 5.74) is 2.02. The van der Waals surface area contributed by atoms with E-state index in [2.05, 4.69) is 0 Å². The van der Waals surface area contributed by atoms with Crippen molar-refractivity contribution in [1.82, 2.24) is 0 Å². The lowest BCUT2D eigenvalue weighted by Gasteiger charge is -2.29. The molecule has 0 fully saturated rings. The highest BCUT2D eigenvalue weighted by molar-refractivity contribution is 7.92. The van der Waals surface area contributed by atoms with Crippen molar-refractivity contribution in [3.05, 3.63) is 47.5 Å². The number of rotatable bonds is 3. The SMILES string of the molecule is Cc1ccc(C(Cl)C(C)(C)S(C)(=O)=O)c2ccccc12. The molecule has 0 N–H and O–H groups in total. The number of benzene rings is 2. The first-order valence-corrected chi connectivity index (χ1v) is 8.81. The fourth-order valence-corrected chi connectivity index (χ4v) is 3.44. The van der Waals surface area contributed by atoms with E-state index in [1.807, 2.05) is 43.3 Å². The molecule has 2 aromatic rings. The van der Waals surface area contributed by atoms with Crippen LogP contribution in [-0.4, -0.2) is 19.4 Å². The minimum absolute atomic E-state index is 0.594. The Morgan fingerprint density at radius 3 is 2.15 bits per heavy atom. The minimum atomic E-state index is -3.26. The summed E-state index contributed by atoms with van der Waals surface area (Å²) in [6.07, 6.45) is 1.23. The first-order valence-electron chi connectivity index (χ1n) is 6.48. The number of sulfone groups is 1. The number of fused-ring (bicyclic) bond motifs is 1. The number of aryl methyl sites for hydroxylation is 1. The number of alkyl halides is 1. The molecule has 0 heterocycles. The van der Waals surface area contributed by atoms with Crippen LogP contribution in [0.25, 0.3) is 10.8 Å². The second-order valence-corrected chi connectivity index (χ2v) is 8.79. The molecule has 0 saturated heterocycles. The van der Waals surface area contributed by atoms with Gasteiger partial charge >= 0.3 is 0 Å². The first-order chi connectivity index (χ1) is 9.16. The number of hydrogen-bond donors (Lipinski definition) is 0. The van der Waals surface area contributed by atoms with Crippen molar-refractivity contribution in [3.63, 3.8) is 0 Å². The molecule has 1 unspecified atom stereocenters.